The Bertz CT molecular complexity index is 845. The molecule has 2 aromatic carbocycles. The van der Waals surface area contributed by atoms with Crippen molar-refractivity contribution in [3.63, 3.8) is 0 Å². The molecule has 0 aliphatic heterocycles. The number of ether oxygens (including phenoxy) is 1. The third-order valence-corrected chi connectivity index (χ3v) is 5.64. The minimum atomic E-state index is -3.36. The first-order chi connectivity index (χ1) is 9.90. The molecule has 0 radical (unpaired) electrons. The molecule has 2 rings (SSSR count). The Morgan fingerprint density at radius 2 is 2.00 bits per heavy atom. The van der Waals surface area contributed by atoms with Gasteiger partial charge in [0.1, 0.15) is 15.5 Å². The van der Waals surface area contributed by atoms with Crippen LogP contribution in [0.5, 0.6) is 5.75 Å². The molecule has 4 nitrogen and oxygen atoms in total. The standard InChI is InChI=1S/C14H10BrClN2O2S/c1-20-12-4-3-10(15)7-14(12)21(18,19)13-5-2-9(8-17)6-11(13)16/h2-7,18H,1H3. The second-order valence-corrected chi connectivity index (χ2v) is 7.42. The lowest BCUT2D eigenvalue weighted by Crippen LogP contribution is -2.04. The molecule has 0 aliphatic carbocycles. The molecular weight excluding hydrogens is 376 g/mol. The summed E-state index contributed by atoms with van der Waals surface area (Å²) in [5, 5.41) is 8.96. The summed E-state index contributed by atoms with van der Waals surface area (Å²) in [6.07, 6.45) is 0. The number of hydrogen-bond acceptors (Lipinski definition) is 4. The van der Waals surface area contributed by atoms with Crippen LogP contribution in [0.1, 0.15) is 5.56 Å². The van der Waals surface area contributed by atoms with Crippen LogP contribution in [0.2, 0.25) is 5.02 Å². The summed E-state index contributed by atoms with van der Waals surface area (Å²) in [6, 6.07) is 11.2. The van der Waals surface area contributed by atoms with Gasteiger partial charge in [0.15, 0.2) is 0 Å². The Kier molecular flexibility index (Phi) is 4.57. The third-order valence-electron chi connectivity index (χ3n) is 2.81. The first-order valence-corrected chi connectivity index (χ1v) is 8.45. The number of nitrogens with one attached hydrogen (secondary N) is 1. The van der Waals surface area contributed by atoms with Gasteiger partial charge in [-0.25, -0.2) is 8.99 Å². The topological polar surface area (TPSA) is 73.9 Å². The van der Waals surface area contributed by atoms with Crippen molar-refractivity contribution in [3.8, 4) is 11.8 Å². The molecule has 0 amide bonds. The summed E-state index contributed by atoms with van der Waals surface area (Å²) < 4.78 is 27.1. The lowest BCUT2D eigenvalue weighted by molar-refractivity contribution is 0.403. The number of halogens is 2. The summed E-state index contributed by atoms with van der Waals surface area (Å²) >= 11 is 9.37. The van der Waals surface area contributed by atoms with Gasteiger partial charge in [0.05, 0.1) is 33.6 Å². The zero-order valence-electron chi connectivity index (χ0n) is 10.9. The normalized spacial score (nSPS) is 13.2. The van der Waals surface area contributed by atoms with Crippen LogP contribution in [-0.2, 0) is 9.73 Å². The number of nitrogens with zero attached hydrogens (tertiary/aromatic N) is 1. The molecule has 0 saturated carbocycles. The van der Waals surface area contributed by atoms with Crippen LogP contribution < -0.4 is 4.74 Å². The second kappa shape index (κ2) is 6.06. The van der Waals surface area contributed by atoms with Gasteiger partial charge in [0.2, 0.25) is 0 Å². The van der Waals surface area contributed by atoms with E-state index in [9.17, 15) is 4.21 Å². The molecule has 108 valence electrons. The third kappa shape index (κ3) is 3.05. The van der Waals surface area contributed by atoms with Crippen LogP contribution in [0, 0.1) is 16.1 Å². The average molecular weight is 386 g/mol. The molecule has 0 spiro atoms. The highest BCUT2D eigenvalue weighted by Gasteiger charge is 2.21. The van der Waals surface area contributed by atoms with Gasteiger partial charge in [0.25, 0.3) is 0 Å². The van der Waals surface area contributed by atoms with Gasteiger partial charge in [-0.1, -0.05) is 27.5 Å². The molecule has 1 unspecified atom stereocenters. The summed E-state index contributed by atoms with van der Waals surface area (Å²) in [5.74, 6) is 0.346. The molecule has 7 heteroatoms. The quantitative estimate of drug-likeness (QED) is 0.848. The first kappa shape index (κ1) is 15.8. The van der Waals surface area contributed by atoms with E-state index in [0.29, 0.717) is 15.8 Å². The minimum Gasteiger partial charge on any atom is -0.495 e. The molecule has 21 heavy (non-hydrogen) atoms. The van der Waals surface area contributed by atoms with E-state index in [1.54, 1.807) is 18.2 Å². The van der Waals surface area contributed by atoms with Gasteiger partial charge >= 0.3 is 0 Å². The van der Waals surface area contributed by atoms with E-state index >= 15 is 0 Å². The van der Waals surface area contributed by atoms with Gasteiger partial charge in [-0.15, -0.1) is 0 Å². The maximum absolute atomic E-state index is 12.9. The highest BCUT2D eigenvalue weighted by molar-refractivity contribution is 9.10. The molecule has 1 atom stereocenters. The molecule has 0 saturated heterocycles. The van der Waals surface area contributed by atoms with E-state index in [1.807, 2.05) is 6.07 Å². The van der Waals surface area contributed by atoms with Crippen LogP contribution in [0.15, 0.2) is 50.7 Å². The Morgan fingerprint density at radius 3 is 2.57 bits per heavy atom. The molecule has 0 aromatic heterocycles. The number of benzene rings is 2. The fraction of sp³-hybridized carbons (Fsp3) is 0.0714. The van der Waals surface area contributed by atoms with Gasteiger partial charge in [-0.2, -0.15) is 5.26 Å². The van der Waals surface area contributed by atoms with Crippen molar-refractivity contribution in [2.45, 2.75) is 9.79 Å². The lowest BCUT2D eigenvalue weighted by Gasteiger charge is -2.14. The van der Waals surface area contributed by atoms with Crippen molar-refractivity contribution in [2.24, 2.45) is 0 Å². The van der Waals surface area contributed by atoms with Crippen molar-refractivity contribution in [3.05, 3.63) is 51.5 Å². The van der Waals surface area contributed by atoms with Crippen molar-refractivity contribution in [1.82, 2.24) is 0 Å². The smallest absolute Gasteiger partial charge is 0.136 e. The number of rotatable bonds is 3. The molecule has 0 heterocycles. The monoisotopic (exact) mass is 384 g/mol. The maximum Gasteiger partial charge on any atom is 0.136 e. The highest BCUT2D eigenvalue weighted by Crippen LogP contribution is 2.35. The summed E-state index contributed by atoms with van der Waals surface area (Å²) in [4.78, 5) is 0.380. The van der Waals surface area contributed by atoms with E-state index in [-0.39, 0.29) is 14.8 Å². The molecule has 0 bridgehead atoms. The average Bonchev–Trinajstić information content (AvgIpc) is 2.46. The number of nitriles is 1. The fourth-order valence-electron chi connectivity index (χ4n) is 1.80. The van der Waals surface area contributed by atoms with Crippen molar-refractivity contribution < 1.29 is 8.95 Å². The predicted octanol–water partition coefficient (Wildman–Crippen LogP) is 4.45. The zero-order chi connectivity index (χ0) is 15.6. The Hall–Kier alpha value is -1.55. The fourth-order valence-corrected chi connectivity index (χ4v) is 4.37. The molecule has 1 N–H and O–H groups in total. The van der Waals surface area contributed by atoms with E-state index < -0.39 is 9.73 Å². The van der Waals surface area contributed by atoms with Gasteiger partial charge in [-0.3, -0.25) is 0 Å². The van der Waals surface area contributed by atoms with E-state index in [0.717, 1.165) is 0 Å². The van der Waals surface area contributed by atoms with Gasteiger partial charge in [0, 0.05) is 4.47 Å². The molecule has 2 aromatic rings. The predicted molar refractivity (Wildman–Crippen MR) is 84.3 cm³/mol. The first-order valence-electron chi connectivity index (χ1n) is 5.72. The zero-order valence-corrected chi connectivity index (χ0v) is 14.1. The van der Waals surface area contributed by atoms with Crippen molar-refractivity contribution in [2.75, 3.05) is 7.11 Å². The van der Waals surface area contributed by atoms with Crippen LogP contribution in [0.3, 0.4) is 0 Å². The SMILES string of the molecule is COc1ccc(Br)cc1S(=N)(=O)c1ccc(C#N)cc1Cl. The van der Waals surface area contributed by atoms with Crippen LogP contribution in [0.4, 0.5) is 0 Å². The van der Waals surface area contributed by atoms with Crippen LogP contribution in [-0.4, -0.2) is 11.3 Å². The van der Waals surface area contributed by atoms with E-state index in [1.165, 1.54) is 25.3 Å². The van der Waals surface area contributed by atoms with Crippen LogP contribution in [0.25, 0.3) is 0 Å². The molecule has 0 aliphatic rings. The largest absolute Gasteiger partial charge is 0.495 e. The van der Waals surface area contributed by atoms with Crippen LogP contribution >= 0.6 is 27.5 Å². The van der Waals surface area contributed by atoms with Crippen molar-refractivity contribution in [1.29, 1.82) is 10.0 Å². The highest BCUT2D eigenvalue weighted by atomic mass is 79.9. The summed E-state index contributed by atoms with van der Waals surface area (Å²) in [5.41, 5.74) is 0.347. The van der Waals surface area contributed by atoms with Crippen molar-refractivity contribution >= 4 is 37.3 Å². The maximum atomic E-state index is 12.9. The minimum absolute atomic E-state index is 0.121. The number of hydrogen-bond donors (Lipinski definition) is 1. The number of methoxy groups -OCH3 is 1. The Balaban J connectivity index is 2.68. The van der Waals surface area contributed by atoms with E-state index in [2.05, 4.69) is 15.9 Å². The Labute approximate surface area is 136 Å². The second-order valence-electron chi connectivity index (χ2n) is 4.11. The van der Waals surface area contributed by atoms with Gasteiger partial charge < -0.3 is 4.74 Å². The molecule has 0 fully saturated rings. The molecular formula is C14H10BrClN2O2S. The van der Waals surface area contributed by atoms with Gasteiger partial charge in [-0.05, 0) is 36.4 Å². The Morgan fingerprint density at radius 1 is 1.29 bits per heavy atom. The summed E-state index contributed by atoms with van der Waals surface area (Å²) in [6.45, 7) is 0. The lowest BCUT2D eigenvalue weighted by atomic mass is 10.2. The summed E-state index contributed by atoms with van der Waals surface area (Å²) in [7, 11) is -1.91. The van der Waals surface area contributed by atoms with E-state index in [4.69, 9.17) is 26.4 Å².